The van der Waals surface area contributed by atoms with Crippen LogP contribution in [0.2, 0.25) is 0 Å². The van der Waals surface area contributed by atoms with Crippen LogP contribution in [0.25, 0.3) is 6.08 Å². The van der Waals surface area contributed by atoms with Gasteiger partial charge in [0.05, 0.1) is 0 Å². The zero-order chi connectivity index (χ0) is 10.8. The van der Waals surface area contributed by atoms with E-state index in [4.69, 9.17) is 5.11 Å². The maximum Gasteiger partial charge on any atom is 0.407 e. The number of rotatable bonds is 1. The Morgan fingerprint density at radius 2 is 2.27 bits per heavy atom. The molecule has 1 heterocycles. The van der Waals surface area contributed by atoms with Gasteiger partial charge in [-0.2, -0.15) is 0 Å². The van der Waals surface area contributed by atoms with E-state index in [0.717, 1.165) is 17.5 Å². The van der Waals surface area contributed by atoms with E-state index in [-0.39, 0.29) is 0 Å². The molecule has 78 valence electrons. The van der Waals surface area contributed by atoms with E-state index in [1.54, 1.807) is 0 Å². The maximum atomic E-state index is 10.8. The van der Waals surface area contributed by atoms with Gasteiger partial charge in [-0.3, -0.25) is 0 Å². The fraction of sp³-hybridized carbons (Fsp3) is 0.250. The smallest absolute Gasteiger partial charge is 0.407 e. The summed E-state index contributed by atoms with van der Waals surface area (Å²) in [5.74, 6) is 0. The summed E-state index contributed by atoms with van der Waals surface area (Å²) in [5, 5.41) is 8.87. The molecule has 0 fully saturated rings. The van der Waals surface area contributed by atoms with Crippen molar-refractivity contribution in [1.29, 1.82) is 0 Å². The van der Waals surface area contributed by atoms with Crippen molar-refractivity contribution in [2.45, 2.75) is 13.0 Å². The molecule has 15 heavy (non-hydrogen) atoms. The Hall–Kier alpha value is -1.77. The van der Waals surface area contributed by atoms with Crippen LogP contribution in [-0.4, -0.2) is 22.6 Å². The van der Waals surface area contributed by atoms with E-state index in [9.17, 15) is 4.79 Å². The normalized spacial score (nSPS) is 14.5. The minimum Gasteiger partial charge on any atom is -0.465 e. The van der Waals surface area contributed by atoms with Crippen LogP contribution in [0.5, 0.6) is 0 Å². The Bertz CT molecular complexity index is 412. The van der Waals surface area contributed by atoms with Gasteiger partial charge in [-0.05, 0) is 23.1 Å². The Labute approximate surface area is 88.6 Å². The second kappa shape index (κ2) is 3.77. The summed E-state index contributed by atoms with van der Waals surface area (Å²) in [6.45, 7) is 4.81. The van der Waals surface area contributed by atoms with Crippen molar-refractivity contribution in [2.24, 2.45) is 0 Å². The lowest BCUT2D eigenvalue weighted by atomic mass is 9.97. The fourth-order valence-corrected chi connectivity index (χ4v) is 1.86. The molecule has 0 saturated carbocycles. The number of nitrogens with zero attached hydrogens (tertiary/aromatic N) is 1. The van der Waals surface area contributed by atoms with Crippen LogP contribution in [-0.2, 0) is 13.0 Å². The summed E-state index contributed by atoms with van der Waals surface area (Å²) >= 11 is 0. The van der Waals surface area contributed by atoms with Crippen molar-refractivity contribution in [3.05, 3.63) is 41.5 Å². The molecule has 0 aliphatic carbocycles. The molecule has 1 aliphatic heterocycles. The minimum atomic E-state index is -0.839. The monoisotopic (exact) mass is 203 g/mol. The number of hydrogen-bond acceptors (Lipinski definition) is 1. The SMILES string of the molecule is C=Cc1ccc2c(c1)CCN(C(=O)O)C2. The summed E-state index contributed by atoms with van der Waals surface area (Å²) in [5.41, 5.74) is 3.44. The number of benzene rings is 1. The minimum absolute atomic E-state index is 0.502. The Morgan fingerprint density at radius 1 is 1.47 bits per heavy atom. The zero-order valence-corrected chi connectivity index (χ0v) is 8.44. The lowest BCUT2D eigenvalue weighted by molar-refractivity contribution is 0.140. The molecular formula is C12H13NO2. The third kappa shape index (κ3) is 1.86. The van der Waals surface area contributed by atoms with Crippen LogP contribution >= 0.6 is 0 Å². The van der Waals surface area contributed by atoms with Crippen molar-refractivity contribution in [1.82, 2.24) is 4.90 Å². The molecule has 0 aromatic heterocycles. The van der Waals surface area contributed by atoms with E-state index in [2.05, 4.69) is 12.6 Å². The quantitative estimate of drug-likeness (QED) is 0.761. The van der Waals surface area contributed by atoms with Crippen LogP contribution in [0.4, 0.5) is 4.79 Å². The third-order valence-corrected chi connectivity index (χ3v) is 2.75. The molecule has 0 unspecified atom stereocenters. The number of amides is 1. The number of carboxylic acid groups (broad SMARTS) is 1. The van der Waals surface area contributed by atoms with Crippen LogP contribution in [0.15, 0.2) is 24.8 Å². The Morgan fingerprint density at radius 3 is 2.93 bits per heavy atom. The van der Waals surface area contributed by atoms with Crippen molar-refractivity contribution < 1.29 is 9.90 Å². The third-order valence-electron chi connectivity index (χ3n) is 2.75. The molecule has 2 rings (SSSR count). The molecule has 1 aromatic rings. The summed E-state index contributed by atoms with van der Waals surface area (Å²) in [4.78, 5) is 12.2. The highest BCUT2D eigenvalue weighted by Gasteiger charge is 2.19. The van der Waals surface area contributed by atoms with E-state index in [0.29, 0.717) is 13.1 Å². The van der Waals surface area contributed by atoms with E-state index >= 15 is 0 Å². The van der Waals surface area contributed by atoms with Crippen LogP contribution in [0.1, 0.15) is 16.7 Å². The first kappa shape index (κ1) is 9.77. The predicted molar refractivity (Wildman–Crippen MR) is 58.7 cm³/mol. The van der Waals surface area contributed by atoms with Gasteiger partial charge in [-0.1, -0.05) is 30.9 Å². The van der Waals surface area contributed by atoms with Crippen LogP contribution in [0, 0.1) is 0 Å². The van der Waals surface area contributed by atoms with E-state index < -0.39 is 6.09 Å². The van der Waals surface area contributed by atoms with Crippen LogP contribution in [0.3, 0.4) is 0 Å². The first-order valence-electron chi connectivity index (χ1n) is 4.93. The second-order valence-electron chi connectivity index (χ2n) is 3.69. The molecule has 0 spiro atoms. The second-order valence-corrected chi connectivity index (χ2v) is 3.69. The molecule has 1 aliphatic rings. The lowest BCUT2D eigenvalue weighted by Crippen LogP contribution is -2.34. The first-order chi connectivity index (χ1) is 7.20. The Balaban J connectivity index is 2.28. The van der Waals surface area contributed by atoms with Crippen molar-refractivity contribution in [3.63, 3.8) is 0 Å². The Kier molecular flexibility index (Phi) is 2.46. The molecule has 0 radical (unpaired) electrons. The van der Waals surface area contributed by atoms with Gasteiger partial charge in [-0.15, -0.1) is 0 Å². The van der Waals surface area contributed by atoms with Gasteiger partial charge in [0.2, 0.25) is 0 Å². The molecule has 0 saturated heterocycles. The largest absolute Gasteiger partial charge is 0.465 e. The first-order valence-corrected chi connectivity index (χ1v) is 4.93. The van der Waals surface area contributed by atoms with Gasteiger partial charge in [0.25, 0.3) is 0 Å². The number of carbonyl (C=O) groups is 1. The molecule has 1 N–H and O–H groups in total. The van der Waals surface area contributed by atoms with Gasteiger partial charge in [0.15, 0.2) is 0 Å². The predicted octanol–water partition coefficient (Wildman–Crippen LogP) is 2.37. The molecule has 0 atom stereocenters. The molecule has 3 heteroatoms. The fourth-order valence-electron chi connectivity index (χ4n) is 1.86. The summed E-state index contributed by atoms with van der Waals surface area (Å²) in [6.07, 6.45) is 1.76. The average Bonchev–Trinajstić information content (AvgIpc) is 2.27. The molecule has 1 amide bonds. The van der Waals surface area contributed by atoms with Gasteiger partial charge in [-0.25, -0.2) is 4.79 Å². The standard InChI is InChI=1S/C12H13NO2/c1-2-9-3-4-11-8-13(12(14)15)6-5-10(11)7-9/h2-4,7H,1,5-6,8H2,(H,14,15). The zero-order valence-electron chi connectivity index (χ0n) is 8.44. The number of hydrogen-bond donors (Lipinski definition) is 1. The maximum absolute atomic E-state index is 10.8. The molecule has 3 nitrogen and oxygen atoms in total. The molecule has 1 aromatic carbocycles. The van der Waals surface area contributed by atoms with Crippen molar-refractivity contribution in [2.75, 3.05) is 6.54 Å². The summed E-state index contributed by atoms with van der Waals surface area (Å²) in [7, 11) is 0. The van der Waals surface area contributed by atoms with Gasteiger partial charge in [0.1, 0.15) is 0 Å². The van der Waals surface area contributed by atoms with Crippen LogP contribution < -0.4 is 0 Å². The van der Waals surface area contributed by atoms with Crippen molar-refractivity contribution >= 4 is 12.2 Å². The van der Waals surface area contributed by atoms with Gasteiger partial charge >= 0.3 is 6.09 Å². The highest BCUT2D eigenvalue weighted by molar-refractivity contribution is 5.65. The van der Waals surface area contributed by atoms with Crippen molar-refractivity contribution in [3.8, 4) is 0 Å². The van der Waals surface area contributed by atoms with E-state index in [1.807, 2.05) is 18.2 Å². The summed E-state index contributed by atoms with van der Waals surface area (Å²) in [6, 6.07) is 6.04. The van der Waals surface area contributed by atoms with Gasteiger partial charge < -0.3 is 10.0 Å². The highest BCUT2D eigenvalue weighted by Crippen LogP contribution is 2.20. The topological polar surface area (TPSA) is 40.5 Å². The van der Waals surface area contributed by atoms with Gasteiger partial charge in [0, 0.05) is 13.1 Å². The summed E-state index contributed by atoms with van der Waals surface area (Å²) < 4.78 is 0. The molecular weight excluding hydrogens is 190 g/mol. The lowest BCUT2D eigenvalue weighted by Gasteiger charge is -2.26. The highest BCUT2D eigenvalue weighted by atomic mass is 16.4. The average molecular weight is 203 g/mol. The number of fused-ring (bicyclic) bond motifs is 1. The molecule has 0 bridgehead atoms. The van der Waals surface area contributed by atoms with E-state index in [1.165, 1.54) is 10.5 Å².